The number of carbonyl (C=O) groups excluding carboxylic acids is 2. The Morgan fingerprint density at radius 2 is 2.28 bits per heavy atom. The molecule has 0 spiro atoms. The molecule has 1 heterocycles. The van der Waals surface area contributed by atoms with Crippen molar-refractivity contribution in [3.8, 4) is 0 Å². The van der Waals surface area contributed by atoms with Crippen LogP contribution >= 0.6 is 0 Å². The number of nitrogens with one attached hydrogen (secondary N) is 1. The third-order valence-corrected chi connectivity index (χ3v) is 2.05. The van der Waals surface area contributed by atoms with Crippen LogP contribution in [0.25, 0.3) is 0 Å². The van der Waals surface area contributed by atoms with Gasteiger partial charge in [-0.25, -0.2) is 4.79 Å². The van der Waals surface area contributed by atoms with Gasteiger partial charge in [-0.2, -0.15) is 0 Å². The van der Waals surface area contributed by atoms with Crippen molar-refractivity contribution in [1.82, 2.24) is 10.5 Å². The molecule has 1 aromatic heterocycles. The van der Waals surface area contributed by atoms with Gasteiger partial charge in [0.05, 0.1) is 13.7 Å². The van der Waals surface area contributed by atoms with Gasteiger partial charge >= 0.3 is 5.97 Å². The van der Waals surface area contributed by atoms with Crippen molar-refractivity contribution in [2.24, 2.45) is 0 Å². The number of hydrogen-bond acceptors (Lipinski definition) is 7. The number of amides is 1. The highest BCUT2D eigenvalue weighted by Gasteiger charge is 2.22. The number of hydrogen-bond donors (Lipinski definition) is 2. The van der Waals surface area contributed by atoms with Gasteiger partial charge in [0.2, 0.25) is 0 Å². The summed E-state index contributed by atoms with van der Waals surface area (Å²) in [5.41, 5.74) is -0.00981. The molecule has 100 valence electrons. The smallest absolute Gasteiger partial charge is 0.330 e. The standard InChI is InChI=1S/C10H14N2O6/c1-16-5-6-3-7(12-18-6)9(14)11-8(4-13)10(15)17-2/h3,8,13H,4-5H2,1-2H3,(H,11,14). The van der Waals surface area contributed by atoms with Gasteiger partial charge in [0.1, 0.15) is 6.61 Å². The van der Waals surface area contributed by atoms with Crippen LogP contribution in [0, 0.1) is 0 Å². The lowest BCUT2D eigenvalue weighted by Crippen LogP contribution is -2.44. The molecule has 1 amide bonds. The Balaban J connectivity index is 2.65. The van der Waals surface area contributed by atoms with Crippen molar-refractivity contribution in [3.05, 3.63) is 17.5 Å². The monoisotopic (exact) mass is 258 g/mol. The largest absolute Gasteiger partial charge is 0.467 e. The second-order valence-electron chi connectivity index (χ2n) is 3.34. The summed E-state index contributed by atoms with van der Waals surface area (Å²) >= 11 is 0. The van der Waals surface area contributed by atoms with Gasteiger partial charge in [0, 0.05) is 13.2 Å². The van der Waals surface area contributed by atoms with E-state index in [1.165, 1.54) is 13.2 Å². The van der Waals surface area contributed by atoms with Crippen LogP contribution in [0.3, 0.4) is 0 Å². The molecule has 2 N–H and O–H groups in total. The van der Waals surface area contributed by atoms with Crippen LogP contribution in [0.2, 0.25) is 0 Å². The Morgan fingerprint density at radius 1 is 1.56 bits per heavy atom. The van der Waals surface area contributed by atoms with Gasteiger partial charge in [-0.15, -0.1) is 0 Å². The van der Waals surface area contributed by atoms with Crippen molar-refractivity contribution in [2.75, 3.05) is 20.8 Å². The van der Waals surface area contributed by atoms with Crippen LogP contribution in [-0.4, -0.2) is 49.0 Å². The minimum absolute atomic E-state index is 0.00981. The van der Waals surface area contributed by atoms with E-state index in [1.54, 1.807) is 0 Å². The Kier molecular flexibility index (Phi) is 5.28. The van der Waals surface area contributed by atoms with Crippen LogP contribution in [0.4, 0.5) is 0 Å². The molecule has 0 aliphatic carbocycles. The van der Waals surface area contributed by atoms with Gasteiger partial charge in [0.15, 0.2) is 17.5 Å². The molecule has 0 saturated carbocycles. The number of carbonyl (C=O) groups is 2. The van der Waals surface area contributed by atoms with E-state index in [4.69, 9.17) is 14.4 Å². The van der Waals surface area contributed by atoms with E-state index < -0.39 is 24.5 Å². The van der Waals surface area contributed by atoms with Gasteiger partial charge < -0.3 is 24.4 Å². The summed E-state index contributed by atoms with van der Waals surface area (Å²) in [5, 5.41) is 14.7. The lowest BCUT2D eigenvalue weighted by atomic mass is 10.3. The molecule has 0 bridgehead atoms. The highest BCUT2D eigenvalue weighted by molar-refractivity contribution is 5.95. The van der Waals surface area contributed by atoms with E-state index in [0.29, 0.717) is 5.76 Å². The number of aromatic nitrogens is 1. The van der Waals surface area contributed by atoms with Gasteiger partial charge in [-0.3, -0.25) is 4.79 Å². The van der Waals surface area contributed by atoms with E-state index in [9.17, 15) is 9.59 Å². The van der Waals surface area contributed by atoms with Crippen LogP contribution in [0.1, 0.15) is 16.2 Å². The second-order valence-corrected chi connectivity index (χ2v) is 3.34. The van der Waals surface area contributed by atoms with Gasteiger partial charge in [0.25, 0.3) is 5.91 Å². The summed E-state index contributed by atoms with van der Waals surface area (Å²) in [6.07, 6.45) is 0. The van der Waals surface area contributed by atoms with Gasteiger partial charge in [-0.05, 0) is 0 Å². The maximum absolute atomic E-state index is 11.7. The van der Waals surface area contributed by atoms with E-state index in [1.807, 2.05) is 0 Å². The number of rotatable bonds is 6. The average molecular weight is 258 g/mol. The van der Waals surface area contributed by atoms with Crippen molar-refractivity contribution in [3.63, 3.8) is 0 Å². The Morgan fingerprint density at radius 3 is 2.83 bits per heavy atom. The zero-order chi connectivity index (χ0) is 13.5. The molecule has 1 unspecified atom stereocenters. The van der Waals surface area contributed by atoms with E-state index in [-0.39, 0.29) is 12.3 Å². The fraction of sp³-hybridized carbons (Fsp3) is 0.500. The third-order valence-electron chi connectivity index (χ3n) is 2.05. The predicted octanol–water partition coefficient (Wildman–Crippen LogP) is -0.915. The Labute approximate surface area is 103 Å². The molecule has 0 aromatic carbocycles. The summed E-state index contributed by atoms with van der Waals surface area (Å²) < 4.78 is 14.0. The Hall–Kier alpha value is -1.93. The lowest BCUT2D eigenvalue weighted by Gasteiger charge is -2.12. The third kappa shape index (κ3) is 3.54. The lowest BCUT2D eigenvalue weighted by molar-refractivity contribution is -0.143. The summed E-state index contributed by atoms with van der Waals surface area (Å²) in [7, 11) is 2.63. The van der Waals surface area contributed by atoms with Crippen LogP contribution in [-0.2, 0) is 20.9 Å². The normalized spacial score (nSPS) is 11.9. The molecular weight excluding hydrogens is 244 g/mol. The summed E-state index contributed by atoms with van der Waals surface area (Å²) in [5.74, 6) is -1.02. The molecule has 0 radical (unpaired) electrons. The number of esters is 1. The summed E-state index contributed by atoms with van der Waals surface area (Å²) in [6.45, 7) is -0.387. The minimum Gasteiger partial charge on any atom is -0.467 e. The highest BCUT2D eigenvalue weighted by atomic mass is 16.5. The van der Waals surface area contributed by atoms with Crippen LogP contribution < -0.4 is 5.32 Å². The molecule has 1 atom stereocenters. The summed E-state index contributed by atoms with van der Waals surface area (Å²) in [6, 6.07) is 0.245. The second kappa shape index (κ2) is 6.72. The number of aliphatic hydroxyl groups is 1. The number of methoxy groups -OCH3 is 2. The molecule has 1 aromatic rings. The maximum atomic E-state index is 11.7. The fourth-order valence-electron chi connectivity index (χ4n) is 1.18. The highest BCUT2D eigenvalue weighted by Crippen LogP contribution is 2.05. The maximum Gasteiger partial charge on any atom is 0.330 e. The predicted molar refractivity (Wildman–Crippen MR) is 57.6 cm³/mol. The average Bonchev–Trinajstić information content (AvgIpc) is 2.84. The molecule has 0 aliphatic heterocycles. The first-order valence-corrected chi connectivity index (χ1v) is 5.06. The van der Waals surface area contributed by atoms with Gasteiger partial charge in [-0.1, -0.05) is 5.16 Å². The number of ether oxygens (including phenoxy) is 2. The summed E-state index contributed by atoms with van der Waals surface area (Å²) in [4.78, 5) is 22.8. The van der Waals surface area contributed by atoms with Crippen molar-refractivity contribution >= 4 is 11.9 Å². The zero-order valence-electron chi connectivity index (χ0n) is 10.0. The first-order chi connectivity index (χ1) is 8.62. The molecule has 0 saturated heterocycles. The quantitative estimate of drug-likeness (QED) is 0.635. The molecule has 8 nitrogen and oxygen atoms in total. The van der Waals surface area contributed by atoms with Crippen molar-refractivity contribution in [2.45, 2.75) is 12.6 Å². The SMILES string of the molecule is COCc1cc(C(=O)NC(CO)C(=O)OC)no1. The van der Waals surface area contributed by atoms with E-state index in [0.717, 1.165) is 7.11 Å². The Bertz CT molecular complexity index is 416. The molecule has 0 fully saturated rings. The molecule has 18 heavy (non-hydrogen) atoms. The van der Waals surface area contributed by atoms with Crippen LogP contribution in [0.5, 0.6) is 0 Å². The van der Waals surface area contributed by atoms with E-state index >= 15 is 0 Å². The number of nitrogens with zero attached hydrogens (tertiary/aromatic N) is 1. The van der Waals surface area contributed by atoms with E-state index in [2.05, 4.69) is 15.2 Å². The number of aliphatic hydroxyl groups excluding tert-OH is 1. The molecular formula is C10H14N2O6. The fourth-order valence-corrected chi connectivity index (χ4v) is 1.18. The molecule has 0 aliphatic rings. The molecule has 1 rings (SSSR count). The first kappa shape index (κ1) is 14.1. The van der Waals surface area contributed by atoms with Crippen molar-refractivity contribution in [1.29, 1.82) is 0 Å². The first-order valence-electron chi connectivity index (χ1n) is 5.06. The minimum atomic E-state index is -1.13. The van der Waals surface area contributed by atoms with Crippen molar-refractivity contribution < 1.29 is 28.7 Å². The molecule has 8 heteroatoms. The zero-order valence-corrected chi connectivity index (χ0v) is 10.0. The van der Waals surface area contributed by atoms with Crippen LogP contribution in [0.15, 0.2) is 10.6 Å². The topological polar surface area (TPSA) is 111 Å².